The van der Waals surface area contributed by atoms with Crippen LogP contribution in [-0.2, 0) is 12.5 Å². The Morgan fingerprint density at radius 1 is 0.943 bits per heavy atom. The van der Waals surface area contributed by atoms with E-state index in [1.807, 2.05) is 66.6 Å². The Labute approximate surface area is 200 Å². The van der Waals surface area contributed by atoms with Crippen LogP contribution in [0.4, 0.5) is 5.95 Å². The minimum absolute atomic E-state index is 0.206. The zero-order chi connectivity index (χ0) is 24.7. The predicted octanol–water partition coefficient (Wildman–Crippen LogP) is 3.13. The summed E-state index contributed by atoms with van der Waals surface area (Å²) in [4.78, 5) is 21.5. The van der Waals surface area contributed by atoms with E-state index in [1.54, 1.807) is 24.8 Å². The van der Waals surface area contributed by atoms with Crippen molar-refractivity contribution in [3.05, 3.63) is 66.4 Å². The first-order valence-corrected chi connectivity index (χ1v) is 10.7. The fraction of sp³-hybridized carbons (Fsp3) is 0.160. The summed E-state index contributed by atoms with van der Waals surface area (Å²) >= 11 is 0. The van der Waals surface area contributed by atoms with Crippen LogP contribution in [0.1, 0.15) is 19.5 Å². The Morgan fingerprint density at radius 2 is 1.71 bits per heavy atom. The van der Waals surface area contributed by atoms with Crippen LogP contribution in [0.3, 0.4) is 0 Å². The van der Waals surface area contributed by atoms with Gasteiger partial charge in [0.25, 0.3) is 0 Å². The van der Waals surface area contributed by atoms with Gasteiger partial charge in [-0.2, -0.15) is 10.5 Å². The largest absolute Gasteiger partial charge is 0.368 e. The second-order valence-corrected chi connectivity index (χ2v) is 8.60. The molecule has 10 nitrogen and oxygen atoms in total. The standard InChI is InChI=1S/C25H20N10/c1-25(2,13-26)21-7-5-17(11-30-21)35-22-18-8-15(16-9-31-23(28)32-10-16)4-6-19(18)29-12-20(22)34(3)24(35)33-14-27/h4-12H,1-3H3,(H2,28,31,32)/b33-24-. The summed E-state index contributed by atoms with van der Waals surface area (Å²) in [6.45, 7) is 3.64. The molecule has 0 unspecified atom stereocenters. The van der Waals surface area contributed by atoms with Gasteiger partial charge in [0, 0.05) is 30.4 Å². The number of pyridine rings is 2. The van der Waals surface area contributed by atoms with Crippen LogP contribution in [0, 0.1) is 22.8 Å². The maximum atomic E-state index is 9.47. The van der Waals surface area contributed by atoms with Crippen molar-refractivity contribution in [3.8, 4) is 29.1 Å². The van der Waals surface area contributed by atoms with Crippen molar-refractivity contribution in [2.45, 2.75) is 19.3 Å². The molecule has 0 aliphatic carbocycles. The van der Waals surface area contributed by atoms with E-state index in [4.69, 9.17) is 5.73 Å². The van der Waals surface area contributed by atoms with Crippen LogP contribution in [0.25, 0.3) is 38.8 Å². The van der Waals surface area contributed by atoms with Gasteiger partial charge < -0.3 is 10.3 Å². The third-order valence-electron chi connectivity index (χ3n) is 5.99. The minimum Gasteiger partial charge on any atom is -0.368 e. The summed E-state index contributed by atoms with van der Waals surface area (Å²) in [6.07, 6.45) is 8.70. The zero-order valence-corrected chi connectivity index (χ0v) is 19.3. The van der Waals surface area contributed by atoms with Crippen LogP contribution >= 0.6 is 0 Å². The van der Waals surface area contributed by atoms with Gasteiger partial charge in [-0.05, 0) is 43.7 Å². The topological polar surface area (TPSA) is 147 Å². The van der Waals surface area contributed by atoms with Gasteiger partial charge in [-0.25, -0.2) is 9.97 Å². The Balaban J connectivity index is 1.84. The second-order valence-electron chi connectivity index (χ2n) is 8.60. The van der Waals surface area contributed by atoms with E-state index in [-0.39, 0.29) is 5.95 Å². The lowest BCUT2D eigenvalue weighted by Crippen LogP contribution is -2.23. The highest BCUT2D eigenvalue weighted by atomic mass is 15.2. The molecule has 5 rings (SSSR count). The normalized spacial score (nSPS) is 12.1. The number of nitrogens with two attached hydrogens (primary N) is 1. The van der Waals surface area contributed by atoms with E-state index in [0.29, 0.717) is 17.0 Å². The van der Waals surface area contributed by atoms with Gasteiger partial charge in [0.05, 0.1) is 51.8 Å². The van der Waals surface area contributed by atoms with E-state index < -0.39 is 5.41 Å². The highest BCUT2D eigenvalue weighted by molar-refractivity contribution is 6.04. The summed E-state index contributed by atoms with van der Waals surface area (Å²) in [5, 5.41) is 19.7. The molecule has 0 amide bonds. The number of aryl methyl sites for hydroxylation is 1. The molecule has 10 heteroatoms. The number of aromatic nitrogens is 6. The van der Waals surface area contributed by atoms with Gasteiger partial charge in [0.15, 0.2) is 0 Å². The third kappa shape index (κ3) is 3.54. The van der Waals surface area contributed by atoms with Crippen molar-refractivity contribution in [2.75, 3.05) is 5.73 Å². The molecule has 0 atom stereocenters. The maximum absolute atomic E-state index is 9.47. The number of nitrogens with zero attached hydrogens (tertiary/aromatic N) is 9. The molecular weight excluding hydrogens is 440 g/mol. The summed E-state index contributed by atoms with van der Waals surface area (Å²) in [7, 11) is 1.83. The second kappa shape index (κ2) is 8.04. The van der Waals surface area contributed by atoms with Crippen molar-refractivity contribution in [3.63, 3.8) is 0 Å². The molecular formula is C25H20N10. The average molecular weight is 461 g/mol. The first kappa shape index (κ1) is 21.7. The highest BCUT2D eigenvalue weighted by Gasteiger charge is 2.22. The van der Waals surface area contributed by atoms with Crippen LogP contribution in [0.15, 0.2) is 60.1 Å². The molecule has 1 aromatic carbocycles. The number of rotatable bonds is 3. The molecule has 0 radical (unpaired) electrons. The van der Waals surface area contributed by atoms with E-state index in [2.05, 4.69) is 31.0 Å². The number of nitriles is 2. The lowest BCUT2D eigenvalue weighted by molar-refractivity contribution is 0.658. The molecule has 0 bridgehead atoms. The quantitative estimate of drug-likeness (QED) is 0.407. The fourth-order valence-corrected chi connectivity index (χ4v) is 4.03. The van der Waals surface area contributed by atoms with E-state index >= 15 is 0 Å². The number of fused-ring (bicyclic) bond motifs is 3. The Hall–Kier alpha value is -5.09. The van der Waals surface area contributed by atoms with Gasteiger partial charge in [-0.1, -0.05) is 6.07 Å². The molecule has 0 fully saturated rings. The molecule has 2 N–H and O–H groups in total. The van der Waals surface area contributed by atoms with Crippen LogP contribution in [0.2, 0.25) is 0 Å². The predicted molar refractivity (Wildman–Crippen MR) is 131 cm³/mol. The summed E-state index contributed by atoms with van der Waals surface area (Å²) < 4.78 is 3.69. The van der Waals surface area contributed by atoms with Gasteiger partial charge in [-0.15, -0.1) is 4.99 Å². The summed E-state index contributed by atoms with van der Waals surface area (Å²) in [6, 6.07) is 11.8. The van der Waals surface area contributed by atoms with Gasteiger partial charge in [-0.3, -0.25) is 14.5 Å². The van der Waals surface area contributed by atoms with E-state index in [9.17, 15) is 10.5 Å². The van der Waals surface area contributed by atoms with Crippen molar-refractivity contribution in [2.24, 2.45) is 12.0 Å². The Kier molecular flexibility index (Phi) is 5.00. The SMILES string of the molecule is Cn1/c(=N/C#N)n(-c2ccc(C(C)(C)C#N)nc2)c2c3cc(-c4cnc(N)nc4)ccc3ncc21. The molecule has 0 saturated heterocycles. The Morgan fingerprint density at radius 3 is 2.37 bits per heavy atom. The lowest BCUT2D eigenvalue weighted by atomic mass is 9.91. The van der Waals surface area contributed by atoms with Crippen molar-refractivity contribution in [1.82, 2.24) is 29.1 Å². The summed E-state index contributed by atoms with van der Waals surface area (Å²) in [5.74, 6) is 0.206. The molecule has 0 saturated carbocycles. The number of benzene rings is 1. The van der Waals surface area contributed by atoms with Gasteiger partial charge in [0.2, 0.25) is 17.8 Å². The van der Waals surface area contributed by atoms with E-state index in [0.717, 1.165) is 33.1 Å². The summed E-state index contributed by atoms with van der Waals surface area (Å²) in [5.41, 5.74) is 10.8. The van der Waals surface area contributed by atoms with Crippen LogP contribution < -0.4 is 11.4 Å². The Bertz CT molecular complexity index is 1740. The maximum Gasteiger partial charge on any atom is 0.226 e. The fourth-order valence-electron chi connectivity index (χ4n) is 4.03. The van der Waals surface area contributed by atoms with Crippen molar-refractivity contribution >= 4 is 27.9 Å². The van der Waals surface area contributed by atoms with Crippen molar-refractivity contribution in [1.29, 1.82) is 10.5 Å². The van der Waals surface area contributed by atoms with E-state index in [1.165, 1.54) is 0 Å². The molecule has 170 valence electrons. The number of hydrogen-bond acceptors (Lipinski definition) is 8. The molecule has 5 aromatic rings. The molecule has 0 aliphatic heterocycles. The average Bonchev–Trinajstić information content (AvgIpc) is 3.16. The first-order valence-electron chi connectivity index (χ1n) is 10.7. The smallest absolute Gasteiger partial charge is 0.226 e. The molecule has 4 aromatic heterocycles. The lowest BCUT2D eigenvalue weighted by Gasteiger charge is -2.15. The molecule has 35 heavy (non-hydrogen) atoms. The van der Waals surface area contributed by atoms with Crippen molar-refractivity contribution < 1.29 is 0 Å². The monoisotopic (exact) mass is 460 g/mol. The number of imidazole rings is 1. The minimum atomic E-state index is -0.728. The number of nitrogen functional groups attached to an aromatic ring is 1. The number of anilines is 1. The van der Waals surface area contributed by atoms with Crippen LogP contribution in [-0.4, -0.2) is 29.1 Å². The molecule has 4 heterocycles. The number of hydrogen-bond donors (Lipinski definition) is 1. The third-order valence-corrected chi connectivity index (χ3v) is 5.99. The van der Waals surface area contributed by atoms with Crippen LogP contribution in [0.5, 0.6) is 0 Å². The van der Waals surface area contributed by atoms with Gasteiger partial charge in [0.1, 0.15) is 0 Å². The highest BCUT2D eigenvalue weighted by Crippen LogP contribution is 2.30. The molecule has 0 spiro atoms. The molecule has 0 aliphatic rings. The van der Waals surface area contributed by atoms with Gasteiger partial charge >= 0.3 is 0 Å². The zero-order valence-electron chi connectivity index (χ0n) is 19.3. The first-order chi connectivity index (χ1) is 16.8.